The first-order valence-electron chi connectivity index (χ1n) is 6.50. The number of nitrogen functional groups attached to an aromatic ring is 1. The van der Waals surface area contributed by atoms with E-state index >= 15 is 0 Å². The largest absolute Gasteiger partial charge is 0.416 e. The van der Waals surface area contributed by atoms with Crippen LogP contribution in [-0.2, 0) is 12.6 Å². The van der Waals surface area contributed by atoms with Gasteiger partial charge >= 0.3 is 6.18 Å². The van der Waals surface area contributed by atoms with Gasteiger partial charge in [0, 0.05) is 5.69 Å². The average molecular weight is 272 g/mol. The maximum Gasteiger partial charge on any atom is 0.416 e. The Morgan fingerprint density at radius 2 is 1.84 bits per heavy atom. The first-order chi connectivity index (χ1) is 8.84. The van der Waals surface area contributed by atoms with Crippen LogP contribution in [0.2, 0.25) is 0 Å². The summed E-state index contributed by atoms with van der Waals surface area (Å²) in [6, 6.07) is 3.89. The second kappa shape index (κ2) is 5.41. The summed E-state index contributed by atoms with van der Waals surface area (Å²) in [6.45, 7) is 2.03. The van der Waals surface area contributed by atoms with Crippen molar-refractivity contribution >= 4 is 5.69 Å². The number of nitrogens with two attached hydrogens (primary N) is 1. The van der Waals surface area contributed by atoms with E-state index < -0.39 is 11.7 Å². The SMILES string of the molecule is CN1CCC(Cc2cc(N)cc(C(F)(F)F)c2)CC1. The molecular formula is C14H19F3N2. The zero-order valence-electron chi connectivity index (χ0n) is 11.0. The first-order valence-corrected chi connectivity index (χ1v) is 6.50. The maximum absolute atomic E-state index is 12.7. The molecule has 0 aromatic heterocycles. The van der Waals surface area contributed by atoms with Crippen molar-refractivity contribution in [2.24, 2.45) is 5.92 Å². The highest BCUT2D eigenvalue weighted by molar-refractivity contribution is 5.45. The molecule has 0 bridgehead atoms. The molecule has 0 saturated carbocycles. The molecule has 0 unspecified atom stereocenters. The standard InChI is InChI=1S/C14H19F3N2/c1-19-4-2-10(3-5-19)6-11-7-12(14(15,16)17)9-13(18)8-11/h7-10H,2-6,18H2,1H3. The summed E-state index contributed by atoms with van der Waals surface area (Å²) in [7, 11) is 2.07. The van der Waals surface area contributed by atoms with E-state index in [9.17, 15) is 13.2 Å². The van der Waals surface area contributed by atoms with Crippen molar-refractivity contribution in [3.05, 3.63) is 29.3 Å². The van der Waals surface area contributed by atoms with E-state index in [1.807, 2.05) is 0 Å². The van der Waals surface area contributed by atoms with Crippen molar-refractivity contribution in [3.8, 4) is 0 Å². The molecular weight excluding hydrogens is 253 g/mol. The number of benzene rings is 1. The van der Waals surface area contributed by atoms with E-state index in [0.29, 0.717) is 17.9 Å². The van der Waals surface area contributed by atoms with E-state index in [0.717, 1.165) is 32.0 Å². The first kappa shape index (κ1) is 14.2. The van der Waals surface area contributed by atoms with Crippen molar-refractivity contribution in [1.82, 2.24) is 4.90 Å². The van der Waals surface area contributed by atoms with Crippen LogP contribution in [0.4, 0.5) is 18.9 Å². The van der Waals surface area contributed by atoms with Crippen molar-refractivity contribution in [2.45, 2.75) is 25.4 Å². The minimum absolute atomic E-state index is 0.192. The topological polar surface area (TPSA) is 29.3 Å². The molecule has 2 N–H and O–H groups in total. The van der Waals surface area contributed by atoms with Gasteiger partial charge in [-0.1, -0.05) is 0 Å². The fourth-order valence-electron chi connectivity index (χ4n) is 2.60. The van der Waals surface area contributed by atoms with Crippen LogP contribution < -0.4 is 5.73 Å². The molecule has 1 fully saturated rings. The number of likely N-dealkylation sites (tertiary alicyclic amines) is 1. The van der Waals surface area contributed by atoms with E-state index in [1.165, 1.54) is 6.07 Å². The minimum atomic E-state index is -4.32. The van der Waals surface area contributed by atoms with Crippen LogP contribution in [-0.4, -0.2) is 25.0 Å². The van der Waals surface area contributed by atoms with E-state index in [4.69, 9.17) is 5.73 Å². The summed E-state index contributed by atoms with van der Waals surface area (Å²) in [5.74, 6) is 0.457. The highest BCUT2D eigenvalue weighted by atomic mass is 19.4. The van der Waals surface area contributed by atoms with E-state index in [-0.39, 0.29) is 5.69 Å². The molecule has 0 atom stereocenters. The van der Waals surface area contributed by atoms with Crippen LogP contribution in [0.5, 0.6) is 0 Å². The predicted octanol–water partition coefficient (Wildman–Crippen LogP) is 3.17. The zero-order valence-corrected chi connectivity index (χ0v) is 11.0. The molecule has 1 aromatic carbocycles. The van der Waals surface area contributed by atoms with Crippen LogP contribution in [0.25, 0.3) is 0 Å². The molecule has 0 spiro atoms. The molecule has 1 saturated heterocycles. The third-order valence-electron chi connectivity index (χ3n) is 3.70. The Morgan fingerprint density at radius 1 is 1.21 bits per heavy atom. The van der Waals surface area contributed by atoms with Gasteiger partial charge in [0.25, 0.3) is 0 Å². The Morgan fingerprint density at radius 3 is 2.42 bits per heavy atom. The van der Waals surface area contributed by atoms with Gasteiger partial charge in [0.1, 0.15) is 0 Å². The Labute approximate surface area is 111 Å². The number of hydrogen-bond acceptors (Lipinski definition) is 2. The molecule has 19 heavy (non-hydrogen) atoms. The van der Waals surface area contributed by atoms with Crippen molar-refractivity contribution < 1.29 is 13.2 Å². The van der Waals surface area contributed by atoms with Gasteiger partial charge < -0.3 is 10.6 Å². The molecule has 0 amide bonds. The van der Waals surface area contributed by atoms with Gasteiger partial charge in [0.15, 0.2) is 0 Å². The van der Waals surface area contributed by atoms with Crippen molar-refractivity contribution in [1.29, 1.82) is 0 Å². The predicted molar refractivity (Wildman–Crippen MR) is 69.8 cm³/mol. The van der Waals surface area contributed by atoms with Crippen molar-refractivity contribution in [3.63, 3.8) is 0 Å². The summed E-state index contributed by atoms with van der Waals surface area (Å²) in [6.07, 6.45) is -1.57. The Bertz CT molecular complexity index is 435. The van der Waals surface area contributed by atoms with Gasteiger partial charge in [0.2, 0.25) is 0 Å². The molecule has 0 aliphatic carbocycles. The molecule has 1 aliphatic rings. The molecule has 106 valence electrons. The Balaban J connectivity index is 2.10. The van der Waals surface area contributed by atoms with Crippen molar-refractivity contribution in [2.75, 3.05) is 25.9 Å². The van der Waals surface area contributed by atoms with Crippen LogP contribution in [0.3, 0.4) is 0 Å². The smallest absolute Gasteiger partial charge is 0.399 e. The maximum atomic E-state index is 12.7. The number of anilines is 1. The number of hydrogen-bond donors (Lipinski definition) is 1. The molecule has 1 heterocycles. The van der Waals surface area contributed by atoms with Crippen LogP contribution in [0.1, 0.15) is 24.0 Å². The summed E-state index contributed by atoms with van der Waals surface area (Å²) >= 11 is 0. The molecule has 1 aromatic rings. The fourth-order valence-corrected chi connectivity index (χ4v) is 2.60. The summed E-state index contributed by atoms with van der Waals surface area (Å²) in [4.78, 5) is 2.25. The summed E-state index contributed by atoms with van der Waals surface area (Å²) < 4.78 is 38.1. The lowest BCUT2D eigenvalue weighted by molar-refractivity contribution is -0.137. The van der Waals surface area contributed by atoms with Gasteiger partial charge in [-0.2, -0.15) is 13.2 Å². The average Bonchev–Trinajstić information content (AvgIpc) is 2.30. The molecule has 2 nitrogen and oxygen atoms in total. The van der Waals surface area contributed by atoms with E-state index in [1.54, 1.807) is 6.07 Å². The molecule has 0 radical (unpaired) electrons. The van der Waals surface area contributed by atoms with Gasteiger partial charge in [-0.3, -0.25) is 0 Å². The number of nitrogens with zero attached hydrogens (tertiary/aromatic N) is 1. The number of alkyl halides is 3. The van der Waals surface area contributed by atoms with Gasteiger partial charge in [0.05, 0.1) is 5.56 Å². The van der Waals surface area contributed by atoms with Gasteiger partial charge in [-0.25, -0.2) is 0 Å². The second-order valence-electron chi connectivity index (χ2n) is 5.41. The Hall–Kier alpha value is -1.23. The van der Waals surface area contributed by atoms with E-state index in [2.05, 4.69) is 11.9 Å². The summed E-state index contributed by atoms with van der Waals surface area (Å²) in [5, 5.41) is 0. The van der Waals surface area contributed by atoms with Crippen LogP contribution in [0.15, 0.2) is 18.2 Å². The molecule has 5 heteroatoms. The molecule has 2 rings (SSSR count). The number of piperidine rings is 1. The number of halogens is 3. The Kier molecular flexibility index (Phi) is 4.04. The third-order valence-corrected chi connectivity index (χ3v) is 3.70. The highest BCUT2D eigenvalue weighted by Gasteiger charge is 2.31. The normalized spacial score (nSPS) is 18.7. The lowest BCUT2D eigenvalue weighted by Gasteiger charge is -2.29. The quantitative estimate of drug-likeness (QED) is 0.838. The van der Waals surface area contributed by atoms with Gasteiger partial charge in [-0.15, -0.1) is 0 Å². The van der Waals surface area contributed by atoms with Crippen LogP contribution >= 0.6 is 0 Å². The lowest BCUT2D eigenvalue weighted by Crippen LogP contribution is -2.31. The third kappa shape index (κ3) is 3.86. The number of rotatable bonds is 2. The summed E-state index contributed by atoms with van der Waals surface area (Å²) in [5.41, 5.74) is 5.82. The lowest BCUT2D eigenvalue weighted by atomic mass is 9.89. The second-order valence-corrected chi connectivity index (χ2v) is 5.41. The minimum Gasteiger partial charge on any atom is -0.399 e. The fraction of sp³-hybridized carbons (Fsp3) is 0.571. The monoisotopic (exact) mass is 272 g/mol. The van der Waals surface area contributed by atoms with Gasteiger partial charge in [-0.05, 0) is 69.1 Å². The zero-order chi connectivity index (χ0) is 14.0. The van der Waals surface area contributed by atoms with Crippen LogP contribution in [0, 0.1) is 5.92 Å². The molecule has 1 aliphatic heterocycles. The highest BCUT2D eigenvalue weighted by Crippen LogP contribution is 2.32.